The van der Waals surface area contributed by atoms with Crippen molar-refractivity contribution in [3.05, 3.63) is 61.4 Å². The first-order chi connectivity index (χ1) is 14.3. The van der Waals surface area contributed by atoms with Crippen LogP contribution in [0.1, 0.15) is 12.5 Å². The molecule has 0 atom stereocenters. The minimum Gasteiger partial charge on any atom is -0.479 e. The number of amides is 1. The Morgan fingerprint density at radius 2 is 1.97 bits per heavy atom. The average molecular weight is 547 g/mol. The van der Waals surface area contributed by atoms with Crippen molar-refractivity contribution in [2.24, 2.45) is 0 Å². The molecule has 1 heterocycles. The monoisotopic (exact) mass is 545 g/mol. The van der Waals surface area contributed by atoms with Crippen LogP contribution in [0.5, 0.6) is 5.75 Å². The number of thiocarbonyl (C=S) groups is 1. The Bertz CT molecular complexity index is 1040. The molecular weight excluding hydrogens is 533 g/mol. The molecule has 1 aliphatic heterocycles. The van der Waals surface area contributed by atoms with E-state index < -0.39 is 5.97 Å². The van der Waals surface area contributed by atoms with Gasteiger partial charge >= 0.3 is 5.97 Å². The predicted molar refractivity (Wildman–Crippen MR) is 128 cm³/mol. The minimum atomic E-state index is -0.523. The van der Waals surface area contributed by atoms with Gasteiger partial charge in [-0.25, -0.2) is 4.79 Å². The maximum atomic E-state index is 12.9. The molecule has 10 heteroatoms. The van der Waals surface area contributed by atoms with Crippen molar-refractivity contribution in [1.82, 2.24) is 0 Å². The van der Waals surface area contributed by atoms with E-state index in [2.05, 4.69) is 15.9 Å². The first-order valence-corrected chi connectivity index (χ1v) is 11.4. The molecule has 0 bridgehead atoms. The lowest BCUT2D eigenvalue weighted by Crippen LogP contribution is -2.27. The molecule has 0 aromatic heterocycles. The van der Waals surface area contributed by atoms with Crippen LogP contribution in [0.25, 0.3) is 6.08 Å². The molecule has 156 valence electrons. The van der Waals surface area contributed by atoms with E-state index in [0.717, 1.165) is 4.47 Å². The highest BCUT2D eigenvalue weighted by atomic mass is 79.9. The molecule has 0 spiro atoms. The number of anilines is 1. The molecule has 30 heavy (non-hydrogen) atoms. The van der Waals surface area contributed by atoms with Gasteiger partial charge in [0.1, 0.15) is 0 Å². The van der Waals surface area contributed by atoms with Gasteiger partial charge in [0, 0.05) is 4.47 Å². The number of esters is 1. The summed E-state index contributed by atoms with van der Waals surface area (Å²) in [6, 6.07) is 10.5. The number of thioether (sulfide) groups is 1. The Morgan fingerprint density at radius 1 is 1.27 bits per heavy atom. The van der Waals surface area contributed by atoms with Gasteiger partial charge in [-0.15, -0.1) is 0 Å². The molecule has 1 aliphatic rings. The highest BCUT2D eigenvalue weighted by Crippen LogP contribution is 2.39. The van der Waals surface area contributed by atoms with Crippen LogP contribution < -0.4 is 9.64 Å². The molecule has 0 aliphatic carbocycles. The summed E-state index contributed by atoms with van der Waals surface area (Å²) in [5, 5.41) is 0.418. The fraction of sp³-hybridized carbons (Fsp3) is 0.150. The summed E-state index contributed by atoms with van der Waals surface area (Å²) in [4.78, 5) is 26.3. The second-order valence-electron chi connectivity index (χ2n) is 5.90. The topological polar surface area (TPSA) is 55.8 Å². The van der Waals surface area contributed by atoms with Gasteiger partial charge in [0.25, 0.3) is 5.91 Å². The quantitative estimate of drug-likeness (QED) is 0.248. The summed E-state index contributed by atoms with van der Waals surface area (Å²) in [5.41, 5.74) is 1.28. The number of carbonyl (C=O) groups excluding carboxylic acids is 2. The zero-order valence-corrected chi connectivity index (χ0v) is 20.2. The van der Waals surface area contributed by atoms with Gasteiger partial charge in [-0.1, -0.05) is 69.2 Å². The van der Waals surface area contributed by atoms with Crippen molar-refractivity contribution in [3.8, 4) is 5.75 Å². The molecule has 1 fully saturated rings. The number of ether oxygens (including phenoxy) is 2. The van der Waals surface area contributed by atoms with Crippen molar-refractivity contribution < 1.29 is 19.1 Å². The summed E-state index contributed by atoms with van der Waals surface area (Å²) < 4.78 is 11.4. The zero-order valence-electron chi connectivity index (χ0n) is 15.5. The molecule has 2 aromatic rings. The third kappa shape index (κ3) is 5.36. The maximum Gasteiger partial charge on any atom is 0.344 e. The third-order valence-corrected chi connectivity index (χ3v) is 6.18. The molecule has 2 aromatic carbocycles. The van der Waals surface area contributed by atoms with Gasteiger partial charge in [0.15, 0.2) is 16.7 Å². The minimum absolute atomic E-state index is 0.172. The number of rotatable bonds is 6. The van der Waals surface area contributed by atoms with E-state index in [0.29, 0.717) is 20.5 Å². The Hall–Kier alpha value is -1.58. The number of halogens is 3. The Morgan fingerprint density at radius 3 is 2.60 bits per heavy atom. The second-order valence-corrected chi connectivity index (χ2v) is 9.31. The number of nitrogens with zero attached hydrogens (tertiary/aromatic N) is 1. The largest absolute Gasteiger partial charge is 0.479 e. The van der Waals surface area contributed by atoms with Crippen molar-refractivity contribution in [3.63, 3.8) is 0 Å². The van der Waals surface area contributed by atoms with Crippen LogP contribution in [-0.4, -0.2) is 29.4 Å². The Balaban J connectivity index is 1.82. The average Bonchev–Trinajstić information content (AvgIpc) is 2.94. The predicted octanol–water partition coefficient (Wildman–Crippen LogP) is 6.10. The van der Waals surface area contributed by atoms with Crippen molar-refractivity contribution in [2.45, 2.75) is 6.92 Å². The van der Waals surface area contributed by atoms with Crippen LogP contribution in [0.4, 0.5) is 5.69 Å². The zero-order chi connectivity index (χ0) is 21.8. The third-order valence-electron chi connectivity index (χ3n) is 3.82. The highest BCUT2D eigenvalue weighted by Gasteiger charge is 2.33. The van der Waals surface area contributed by atoms with E-state index in [-0.39, 0.29) is 34.9 Å². The van der Waals surface area contributed by atoms with Crippen LogP contribution in [0, 0.1) is 0 Å². The van der Waals surface area contributed by atoms with Gasteiger partial charge in [0.05, 0.1) is 27.2 Å². The molecule has 3 rings (SSSR count). The van der Waals surface area contributed by atoms with E-state index in [1.165, 1.54) is 16.7 Å². The number of hydrogen-bond acceptors (Lipinski definition) is 6. The van der Waals surface area contributed by atoms with E-state index in [4.69, 9.17) is 44.9 Å². The molecule has 0 radical (unpaired) electrons. The number of carbonyl (C=O) groups is 2. The number of hydrogen-bond donors (Lipinski definition) is 0. The first kappa shape index (κ1) is 23.1. The Kier molecular flexibility index (Phi) is 7.81. The van der Waals surface area contributed by atoms with E-state index in [9.17, 15) is 9.59 Å². The van der Waals surface area contributed by atoms with Gasteiger partial charge in [-0.05, 0) is 48.9 Å². The van der Waals surface area contributed by atoms with Crippen molar-refractivity contribution in [2.75, 3.05) is 18.1 Å². The van der Waals surface area contributed by atoms with Crippen LogP contribution >= 0.6 is 63.1 Å². The molecule has 0 unspecified atom stereocenters. The van der Waals surface area contributed by atoms with E-state index >= 15 is 0 Å². The standard InChI is InChI=1S/C20H14BrCl2NO4S2/c1-2-27-17(25)10-28-18-14(22)6-11(7-15(18)23)8-16-19(26)24(20(29)30-16)13-5-3-4-12(21)9-13/h3-9H,2,10H2,1H3/b16-8-. The summed E-state index contributed by atoms with van der Waals surface area (Å²) in [6.07, 6.45) is 1.66. The smallest absolute Gasteiger partial charge is 0.344 e. The fourth-order valence-corrected chi connectivity index (χ4v) is 4.89. The van der Waals surface area contributed by atoms with Gasteiger partial charge in [0.2, 0.25) is 0 Å². The normalized spacial score (nSPS) is 15.1. The van der Waals surface area contributed by atoms with E-state index in [1.54, 1.807) is 25.1 Å². The molecule has 0 saturated carbocycles. The highest BCUT2D eigenvalue weighted by molar-refractivity contribution is 9.10. The molecule has 0 N–H and O–H groups in total. The van der Waals surface area contributed by atoms with Gasteiger partial charge in [-0.2, -0.15) is 0 Å². The lowest BCUT2D eigenvalue weighted by Gasteiger charge is -2.14. The molecule has 5 nitrogen and oxygen atoms in total. The molecule has 1 amide bonds. The molecular formula is C20H14BrCl2NO4S2. The van der Waals surface area contributed by atoms with Crippen LogP contribution in [0.15, 0.2) is 45.8 Å². The lowest BCUT2D eigenvalue weighted by molar-refractivity contribution is -0.145. The van der Waals surface area contributed by atoms with Crippen LogP contribution in [0.3, 0.4) is 0 Å². The summed E-state index contributed by atoms with van der Waals surface area (Å²) in [6.45, 7) is 1.64. The van der Waals surface area contributed by atoms with Crippen molar-refractivity contribution >= 4 is 91.1 Å². The second kappa shape index (κ2) is 10.2. The van der Waals surface area contributed by atoms with Gasteiger partial charge < -0.3 is 9.47 Å². The van der Waals surface area contributed by atoms with Crippen LogP contribution in [0.2, 0.25) is 10.0 Å². The van der Waals surface area contributed by atoms with Crippen molar-refractivity contribution in [1.29, 1.82) is 0 Å². The fourth-order valence-electron chi connectivity index (χ4n) is 2.59. The first-order valence-electron chi connectivity index (χ1n) is 8.61. The SMILES string of the molecule is CCOC(=O)COc1c(Cl)cc(/C=C2\SC(=S)N(c3cccc(Br)c3)C2=O)cc1Cl. The van der Waals surface area contributed by atoms with Gasteiger partial charge in [-0.3, -0.25) is 9.69 Å². The maximum absolute atomic E-state index is 12.9. The number of benzene rings is 2. The summed E-state index contributed by atoms with van der Waals surface area (Å²) >= 11 is 22.5. The summed E-state index contributed by atoms with van der Waals surface area (Å²) in [7, 11) is 0. The van der Waals surface area contributed by atoms with E-state index in [1.807, 2.05) is 24.3 Å². The lowest BCUT2D eigenvalue weighted by atomic mass is 10.2. The summed E-state index contributed by atoms with van der Waals surface area (Å²) in [5.74, 6) is -0.590. The molecule has 1 saturated heterocycles. The van der Waals surface area contributed by atoms with Crippen LogP contribution in [-0.2, 0) is 14.3 Å². The Labute approximate surface area is 201 Å².